The van der Waals surface area contributed by atoms with Crippen molar-refractivity contribution in [2.24, 2.45) is 0 Å². The molecule has 0 aliphatic heterocycles. The van der Waals surface area contributed by atoms with E-state index in [9.17, 15) is 13.2 Å². The van der Waals surface area contributed by atoms with Crippen LogP contribution in [0.2, 0.25) is 0 Å². The van der Waals surface area contributed by atoms with E-state index in [1.807, 2.05) is 31.2 Å². The van der Waals surface area contributed by atoms with Gasteiger partial charge in [-0.2, -0.15) is 0 Å². The van der Waals surface area contributed by atoms with Gasteiger partial charge in [-0.1, -0.05) is 17.7 Å². The number of hydrogen-bond donors (Lipinski definition) is 0. The van der Waals surface area contributed by atoms with Gasteiger partial charge in [0.1, 0.15) is 17.6 Å². The molecule has 1 atom stereocenters. The molecule has 0 N–H and O–H groups in total. The van der Waals surface area contributed by atoms with Crippen molar-refractivity contribution in [3.05, 3.63) is 53.8 Å². The van der Waals surface area contributed by atoms with Crippen LogP contribution in [0.25, 0.3) is 0 Å². The van der Waals surface area contributed by atoms with Gasteiger partial charge in [-0.15, -0.1) is 13.2 Å². The number of aryl methyl sites for hydroxylation is 1. The minimum absolute atomic E-state index is 0.198. The summed E-state index contributed by atoms with van der Waals surface area (Å²) in [4.78, 5) is 0. The normalized spacial score (nSPS) is 18.9. The Bertz CT molecular complexity index is 486. The summed E-state index contributed by atoms with van der Waals surface area (Å²) in [5.41, 5.74) is 1.12. The molecule has 19 heavy (non-hydrogen) atoms. The minimum atomic E-state index is -4.65. The van der Waals surface area contributed by atoms with Crippen LogP contribution in [0.1, 0.15) is 12.0 Å². The molecule has 1 aliphatic rings. The Morgan fingerprint density at radius 1 is 1.16 bits per heavy atom. The number of halogens is 3. The fourth-order valence-corrected chi connectivity index (χ4v) is 1.67. The van der Waals surface area contributed by atoms with Crippen LogP contribution >= 0.6 is 0 Å². The van der Waals surface area contributed by atoms with Crippen LogP contribution in [0.5, 0.6) is 5.75 Å². The first-order valence-corrected chi connectivity index (χ1v) is 5.80. The van der Waals surface area contributed by atoms with Gasteiger partial charge >= 0.3 is 6.36 Å². The molecule has 0 amide bonds. The Kier molecular flexibility index (Phi) is 3.83. The monoisotopic (exact) mass is 270 g/mol. The maximum atomic E-state index is 12.0. The van der Waals surface area contributed by atoms with Crippen LogP contribution in [0.3, 0.4) is 0 Å². The van der Waals surface area contributed by atoms with Crippen molar-refractivity contribution in [3.63, 3.8) is 0 Å². The number of alkyl halides is 3. The van der Waals surface area contributed by atoms with Gasteiger partial charge in [-0.3, -0.25) is 0 Å². The highest BCUT2D eigenvalue weighted by atomic mass is 19.4. The van der Waals surface area contributed by atoms with E-state index < -0.39 is 6.36 Å². The third-order valence-electron chi connectivity index (χ3n) is 2.57. The molecule has 102 valence electrons. The Morgan fingerprint density at radius 2 is 1.84 bits per heavy atom. The van der Waals surface area contributed by atoms with Gasteiger partial charge in [0.2, 0.25) is 0 Å². The second-order valence-electron chi connectivity index (χ2n) is 4.22. The fourth-order valence-electron chi connectivity index (χ4n) is 1.67. The molecule has 0 aromatic heterocycles. The van der Waals surface area contributed by atoms with Gasteiger partial charge in [0.15, 0.2) is 0 Å². The molecule has 1 aromatic rings. The van der Waals surface area contributed by atoms with Gasteiger partial charge in [0, 0.05) is 6.42 Å². The van der Waals surface area contributed by atoms with Crippen molar-refractivity contribution in [2.45, 2.75) is 25.8 Å². The van der Waals surface area contributed by atoms with Gasteiger partial charge in [-0.05, 0) is 37.3 Å². The molecule has 5 heteroatoms. The maximum absolute atomic E-state index is 12.0. The molecule has 0 heterocycles. The number of rotatable bonds is 3. The smallest absolute Gasteiger partial charge is 0.486 e. The highest BCUT2D eigenvalue weighted by Gasteiger charge is 2.32. The zero-order valence-corrected chi connectivity index (χ0v) is 10.3. The molecular weight excluding hydrogens is 257 g/mol. The van der Waals surface area contributed by atoms with Crippen molar-refractivity contribution >= 4 is 0 Å². The Balaban J connectivity index is 1.90. The summed E-state index contributed by atoms with van der Waals surface area (Å²) in [6, 6.07) is 7.48. The lowest BCUT2D eigenvalue weighted by Crippen LogP contribution is -2.18. The molecule has 2 nitrogen and oxygen atoms in total. The van der Waals surface area contributed by atoms with E-state index >= 15 is 0 Å². The number of ether oxygens (including phenoxy) is 2. The van der Waals surface area contributed by atoms with Crippen LogP contribution in [-0.2, 0) is 4.74 Å². The molecule has 1 unspecified atom stereocenters. The maximum Gasteiger partial charge on any atom is 0.573 e. The fraction of sp³-hybridized carbons (Fsp3) is 0.286. The number of hydrogen-bond acceptors (Lipinski definition) is 2. The van der Waals surface area contributed by atoms with E-state index in [1.54, 1.807) is 6.08 Å². The second-order valence-corrected chi connectivity index (χ2v) is 4.22. The van der Waals surface area contributed by atoms with E-state index in [0.717, 1.165) is 5.56 Å². The number of allylic oxidation sites excluding steroid dienone is 1. The van der Waals surface area contributed by atoms with Crippen LogP contribution in [-0.4, -0.2) is 12.5 Å². The third kappa shape index (κ3) is 4.35. The van der Waals surface area contributed by atoms with Crippen molar-refractivity contribution in [3.8, 4) is 5.75 Å². The predicted molar refractivity (Wildman–Crippen MR) is 64.6 cm³/mol. The van der Waals surface area contributed by atoms with E-state index in [-0.39, 0.29) is 11.9 Å². The average Bonchev–Trinajstić information content (AvgIpc) is 2.33. The first-order valence-electron chi connectivity index (χ1n) is 5.80. The van der Waals surface area contributed by atoms with Gasteiger partial charge in [0.25, 0.3) is 0 Å². The second kappa shape index (κ2) is 5.38. The van der Waals surface area contributed by atoms with E-state index in [0.29, 0.717) is 12.2 Å². The van der Waals surface area contributed by atoms with Gasteiger partial charge < -0.3 is 9.47 Å². The molecule has 1 aliphatic carbocycles. The summed E-state index contributed by atoms with van der Waals surface area (Å²) < 4.78 is 45.4. The molecule has 0 bridgehead atoms. The molecule has 0 spiro atoms. The standard InChI is InChI=1S/C14H13F3O2/c1-10-2-4-11(5-3-10)18-12-6-8-13(9-7-12)19-14(15,16)17/h2-6,8-9,12H,7H2,1H3. The van der Waals surface area contributed by atoms with E-state index in [2.05, 4.69) is 4.74 Å². The largest absolute Gasteiger partial charge is 0.573 e. The first kappa shape index (κ1) is 13.5. The van der Waals surface area contributed by atoms with Crippen molar-refractivity contribution < 1.29 is 22.6 Å². The topological polar surface area (TPSA) is 18.5 Å². The van der Waals surface area contributed by atoms with Crippen LogP contribution in [0.4, 0.5) is 13.2 Å². The number of benzene rings is 1. The average molecular weight is 270 g/mol. The third-order valence-corrected chi connectivity index (χ3v) is 2.57. The molecule has 0 saturated carbocycles. The lowest BCUT2D eigenvalue weighted by Gasteiger charge is -2.19. The molecule has 0 radical (unpaired) electrons. The zero-order chi connectivity index (χ0) is 13.9. The lowest BCUT2D eigenvalue weighted by atomic mass is 10.1. The Labute approximate surface area is 109 Å². The molecular formula is C14H13F3O2. The van der Waals surface area contributed by atoms with Crippen molar-refractivity contribution in [2.75, 3.05) is 0 Å². The van der Waals surface area contributed by atoms with Crippen LogP contribution in [0, 0.1) is 6.92 Å². The highest BCUT2D eigenvalue weighted by molar-refractivity contribution is 5.28. The summed E-state index contributed by atoms with van der Waals surface area (Å²) in [5.74, 6) is 0.491. The van der Waals surface area contributed by atoms with Crippen LogP contribution in [0.15, 0.2) is 48.3 Å². The summed E-state index contributed by atoms with van der Waals surface area (Å²) in [6.45, 7) is 1.97. The summed E-state index contributed by atoms with van der Waals surface area (Å²) in [6.07, 6.45) is -0.386. The molecule has 0 saturated heterocycles. The summed E-state index contributed by atoms with van der Waals surface area (Å²) >= 11 is 0. The lowest BCUT2D eigenvalue weighted by molar-refractivity contribution is -0.303. The van der Waals surface area contributed by atoms with Gasteiger partial charge in [-0.25, -0.2) is 0 Å². The SMILES string of the molecule is Cc1ccc(OC2C=CC(OC(F)(F)F)=CC2)cc1. The zero-order valence-electron chi connectivity index (χ0n) is 10.3. The molecule has 2 rings (SSSR count). The summed E-state index contributed by atoms with van der Waals surface area (Å²) in [7, 11) is 0. The van der Waals surface area contributed by atoms with E-state index in [4.69, 9.17) is 4.74 Å². The van der Waals surface area contributed by atoms with Crippen LogP contribution < -0.4 is 4.74 Å². The molecule has 1 aromatic carbocycles. The predicted octanol–water partition coefficient (Wildman–Crippen LogP) is 4.12. The Morgan fingerprint density at radius 3 is 2.37 bits per heavy atom. The van der Waals surface area contributed by atoms with E-state index in [1.165, 1.54) is 12.2 Å². The molecule has 0 fully saturated rings. The van der Waals surface area contributed by atoms with Gasteiger partial charge in [0.05, 0.1) is 0 Å². The highest BCUT2D eigenvalue weighted by Crippen LogP contribution is 2.25. The first-order chi connectivity index (χ1) is 8.92. The minimum Gasteiger partial charge on any atom is -0.486 e. The summed E-state index contributed by atoms with van der Waals surface area (Å²) in [5, 5.41) is 0. The van der Waals surface area contributed by atoms with Crippen molar-refractivity contribution in [1.29, 1.82) is 0 Å². The Hall–Kier alpha value is -1.91. The van der Waals surface area contributed by atoms with Crippen molar-refractivity contribution in [1.82, 2.24) is 0 Å². The quantitative estimate of drug-likeness (QED) is 0.822.